The van der Waals surface area contributed by atoms with Crippen LogP contribution in [-0.4, -0.2) is 29.9 Å². The first-order valence-corrected chi connectivity index (χ1v) is 10.0. The maximum absolute atomic E-state index is 13.4. The van der Waals surface area contributed by atoms with E-state index in [9.17, 15) is 18.8 Å². The predicted molar refractivity (Wildman–Crippen MR) is 118 cm³/mol. The highest BCUT2D eigenvalue weighted by Crippen LogP contribution is 2.36. The Morgan fingerprint density at radius 1 is 0.871 bits per heavy atom. The predicted octanol–water partition coefficient (Wildman–Crippen LogP) is 4.21. The molecule has 0 amide bonds. The van der Waals surface area contributed by atoms with Crippen molar-refractivity contribution >= 4 is 28.7 Å². The van der Waals surface area contributed by atoms with Crippen LogP contribution in [0.1, 0.15) is 18.4 Å². The van der Waals surface area contributed by atoms with E-state index in [1.807, 2.05) is 24.3 Å². The number of benzene rings is 3. The number of carbonyl (C=O) groups excluding carboxylic acids is 3. The molecule has 3 aromatic carbocycles. The molecule has 6 heteroatoms. The number of ketones is 3. The van der Waals surface area contributed by atoms with E-state index < -0.39 is 23.4 Å². The summed E-state index contributed by atoms with van der Waals surface area (Å²) in [5, 5.41) is 6.33. The van der Waals surface area contributed by atoms with Gasteiger partial charge in [0, 0.05) is 12.1 Å². The van der Waals surface area contributed by atoms with Crippen LogP contribution in [0, 0.1) is 5.82 Å². The summed E-state index contributed by atoms with van der Waals surface area (Å²) in [5.41, 5.74) is 3.94. The third kappa shape index (κ3) is 4.10. The number of halogens is 1. The first kappa shape index (κ1) is 20.5. The van der Waals surface area contributed by atoms with Gasteiger partial charge >= 0.3 is 0 Å². The van der Waals surface area contributed by atoms with Gasteiger partial charge in [-0.1, -0.05) is 61.5 Å². The van der Waals surface area contributed by atoms with Crippen molar-refractivity contribution in [1.29, 1.82) is 0 Å². The normalized spacial score (nSPS) is 14.8. The van der Waals surface area contributed by atoms with Crippen LogP contribution in [0.25, 0.3) is 11.1 Å². The largest absolute Gasteiger partial charge is 0.382 e. The summed E-state index contributed by atoms with van der Waals surface area (Å²) in [5.74, 6) is -2.60. The van der Waals surface area contributed by atoms with E-state index in [-0.39, 0.29) is 11.7 Å². The Kier molecular flexibility index (Phi) is 5.62. The lowest BCUT2D eigenvalue weighted by Gasteiger charge is -2.26. The molecule has 0 heterocycles. The Bertz CT molecular complexity index is 1130. The minimum atomic E-state index is -1.16. The Labute approximate surface area is 179 Å². The zero-order chi connectivity index (χ0) is 22.0. The van der Waals surface area contributed by atoms with E-state index in [0.29, 0.717) is 17.9 Å². The average molecular weight is 416 g/mol. The smallest absolute Gasteiger partial charge is 0.269 e. The molecule has 1 atom stereocenters. The molecule has 1 aliphatic carbocycles. The SMILES string of the molecule is CC(CNc1c(NC2C(=O)C(=O)C2=O)cccc1-c1ccc(F)cc1)c1ccccc1. The van der Waals surface area contributed by atoms with Crippen molar-refractivity contribution in [3.63, 3.8) is 0 Å². The van der Waals surface area contributed by atoms with E-state index in [1.54, 1.807) is 24.3 Å². The van der Waals surface area contributed by atoms with Crippen LogP contribution in [0.2, 0.25) is 0 Å². The highest BCUT2D eigenvalue weighted by Gasteiger charge is 2.48. The summed E-state index contributed by atoms with van der Waals surface area (Å²) >= 11 is 0. The van der Waals surface area contributed by atoms with Crippen molar-refractivity contribution in [3.8, 4) is 11.1 Å². The zero-order valence-corrected chi connectivity index (χ0v) is 16.9. The van der Waals surface area contributed by atoms with Crippen molar-refractivity contribution in [2.45, 2.75) is 18.9 Å². The molecule has 1 aliphatic rings. The molecule has 1 saturated carbocycles. The van der Waals surface area contributed by atoms with Crippen LogP contribution in [0.5, 0.6) is 0 Å². The first-order chi connectivity index (χ1) is 15.0. The molecule has 0 saturated heterocycles. The van der Waals surface area contributed by atoms with Crippen LogP contribution in [0.3, 0.4) is 0 Å². The molecular weight excluding hydrogens is 395 g/mol. The van der Waals surface area contributed by atoms with E-state index in [4.69, 9.17) is 0 Å². The van der Waals surface area contributed by atoms with Crippen molar-refractivity contribution in [3.05, 3.63) is 84.2 Å². The Morgan fingerprint density at radius 3 is 2.23 bits per heavy atom. The van der Waals surface area contributed by atoms with Crippen molar-refractivity contribution in [1.82, 2.24) is 0 Å². The Morgan fingerprint density at radius 2 is 1.55 bits per heavy atom. The number of carbonyl (C=O) groups is 3. The third-order valence-electron chi connectivity index (χ3n) is 5.45. The Hall–Kier alpha value is -3.80. The zero-order valence-electron chi connectivity index (χ0n) is 16.9. The van der Waals surface area contributed by atoms with Gasteiger partial charge in [-0.3, -0.25) is 14.4 Å². The highest BCUT2D eigenvalue weighted by molar-refractivity contribution is 6.79. The lowest BCUT2D eigenvalue weighted by molar-refractivity contribution is -0.152. The molecule has 0 bridgehead atoms. The second-order valence-electron chi connectivity index (χ2n) is 7.56. The number of Topliss-reactive ketones (excluding diaryl/α,β-unsaturated/α-hetero) is 3. The second kappa shape index (κ2) is 8.52. The fourth-order valence-corrected chi connectivity index (χ4v) is 3.60. The maximum atomic E-state index is 13.4. The minimum Gasteiger partial charge on any atom is -0.382 e. The standard InChI is InChI=1S/C25H21FN2O3/c1-15(16-6-3-2-4-7-16)14-27-21-19(17-10-12-18(26)13-11-17)8-5-9-20(21)28-22-23(29)25(31)24(22)30/h2-13,15,22,27-28H,14H2,1H3. The molecule has 0 radical (unpaired) electrons. The Balaban J connectivity index is 1.66. The molecular formula is C25H21FN2O3. The fraction of sp³-hybridized carbons (Fsp3) is 0.160. The summed E-state index contributed by atoms with van der Waals surface area (Å²) in [7, 11) is 0. The quantitative estimate of drug-likeness (QED) is 0.446. The lowest BCUT2D eigenvalue weighted by Crippen LogP contribution is -2.57. The van der Waals surface area contributed by atoms with Gasteiger partial charge in [0.25, 0.3) is 5.78 Å². The van der Waals surface area contributed by atoms with Gasteiger partial charge in [-0.2, -0.15) is 0 Å². The van der Waals surface area contributed by atoms with Crippen molar-refractivity contribution < 1.29 is 18.8 Å². The molecule has 1 unspecified atom stereocenters. The minimum absolute atomic E-state index is 0.184. The van der Waals surface area contributed by atoms with Gasteiger partial charge in [-0.25, -0.2) is 4.39 Å². The maximum Gasteiger partial charge on any atom is 0.269 e. The number of anilines is 2. The fourth-order valence-electron chi connectivity index (χ4n) is 3.60. The molecule has 2 N–H and O–H groups in total. The molecule has 0 aliphatic heterocycles. The first-order valence-electron chi connectivity index (χ1n) is 10.0. The van der Waals surface area contributed by atoms with Crippen LogP contribution in [0.15, 0.2) is 72.8 Å². The van der Waals surface area contributed by atoms with E-state index in [2.05, 4.69) is 29.7 Å². The molecule has 3 aromatic rings. The summed E-state index contributed by atoms with van der Waals surface area (Å²) < 4.78 is 13.4. The van der Waals surface area contributed by atoms with Crippen LogP contribution in [0.4, 0.5) is 15.8 Å². The van der Waals surface area contributed by atoms with E-state index in [1.165, 1.54) is 17.7 Å². The number of hydrogen-bond donors (Lipinski definition) is 2. The average Bonchev–Trinajstić information content (AvgIpc) is 2.81. The van der Waals surface area contributed by atoms with Crippen LogP contribution in [-0.2, 0) is 14.4 Å². The summed E-state index contributed by atoms with van der Waals surface area (Å²) in [6.07, 6.45) is 0. The van der Waals surface area contributed by atoms with Gasteiger partial charge in [0.05, 0.1) is 11.4 Å². The van der Waals surface area contributed by atoms with Gasteiger partial charge in [0.2, 0.25) is 11.6 Å². The van der Waals surface area contributed by atoms with E-state index in [0.717, 1.165) is 11.1 Å². The molecule has 0 aromatic heterocycles. The van der Waals surface area contributed by atoms with Gasteiger partial charge in [0.15, 0.2) is 6.04 Å². The summed E-state index contributed by atoms with van der Waals surface area (Å²) in [6, 6.07) is 20.4. The van der Waals surface area contributed by atoms with Gasteiger partial charge < -0.3 is 10.6 Å². The second-order valence-corrected chi connectivity index (χ2v) is 7.56. The number of para-hydroxylation sites is 1. The summed E-state index contributed by atoms with van der Waals surface area (Å²) in [4.78, 5) is 35.0. The third-order valence-corrected chi connectivity index (χ3v) is 5.45. The lowest BCUT2D eigenvalue weighted by atomic mass is 9.87. The topological polar surface area (TPSA) is 75.3 Å². The van der Waals surface area contributed by atoms with Crippen LogP contribution >= 0.6 is 0 Å². The number of hydrogen-bond acceptors (Lipinski definition) is 5. The number of rotatable bonds is 7. The molecule has 1 fully saturated rings. The number of nitrogens with one attached hydrogen (secondary N) is 2. The monoisotopic (exact) mass is 416 g/mol. The van der Waals surface area contributed by atoms with E-state index >= 15 is 0 Å². The molecule has 4 rings (SSSR count). The van der Waals surface area contributed by atoms with Gasteiger partial charge in [-0.05, 0) is 35.2 Å². The highest BCUT2D eigenvalue weighted by atomic mass is 19.1. The summed E-state index contributed by atoms with van der Waals surface area (Å²) in [6.45, 7) is 2.68. The molecule has 5 nitrogen and oxygen atoms in total. The van der Waals surface area contributed by atoms with Gasteiger partial charge in [0.1, 0.15) is 5.82 Å². The molecule has 0 spiro atoms. The molecule has 156 valence electrons. The molecule has 31 heavy (non-hydrogen) atoms. The van der Waals surface area contributed by atoms with Crippen molar-refractivity contribution in [2.75, 3.05) is 17.2 Å². The van der Waals surface area contributed by atoms with Crippen molar-refractivity contribution in [2.24, 2.45) is 0 Å². The van der Waals surface area contributed by atoms with Gasteiger partial charge in [-0.15, -0.1) is 0 Å². The van der Waals surface area contributed by atoms with Crippen LogP contribution < -0.4 is 10.6 Å².